The minimum Gasteiger partial charge on any atom is -0.411 e. The van der Waals surface area contributed by atoms with E-state index in [4.69, 9.17) is 10.3 Å². The van der Waals surface area contributed by atoms with Crippen LogP contribution in [0.4, 0.5) is 0 Å². The van der Waals surface area contributed by atoms with Crippen molar-refractivity contribution in [2.75, 3.05) is 6.61 Å². The van der Waals surface area contributed by atoms with Gasteiger partial charge in [-0.05, 0) is 37.0 Å². The predicted molar refractivity (Wildman–Crippen MR) is 53.6 cm³/mol. The zero-order chi connectivity index (χ0) is 10.2. The second-order valence-electron chi connectivity index (χ2n) is 3.01. The Balaban J connectivity index is 2.54. The van der Waals surface area contributed by atoms with Crippen LogP contribution in [-0.2, 0) is 6.42 Å². The molecule has 4 heteroatoms. The largest absolute Gasteiger partial charge is 0.411 e. The number of hydrogen-bond acceptors (Lipinski definition) is 4. The summed E-state index contributed by atoms with van der Waals surface area (Å²) in [7, 11) is 0. The average molecular weight is 194 g/mol. The third-order valence-electron chi connectivity index (χ3n) is 1.91. The Bertz CT molecular complexity index is 300. The van der Waals surface area contributed by atoms with Crippen molar-refractivity contribution in [2.45, 2.75) is 19.3 Å². The minimum absolute atomic E-state index is 0.232. The molecule has 1 aromatic heterocycles. The summed E-state index contributed by atoms with van der Waals surface area (Å²) in [6.07, 6.45) is 5.66. The Hall–Kier alpha value is -1.42. The van der Waals surface area contributed by atoms with Gasteiger partial charge in [-0.3, -0.25) is 4.98 Å². The van der Waals surface area contributed by atoms with Gasteiger partial charge in [-0.15, -0.1) is 0 Å². The maximum Gasteiger partial charge on any atom is 0.0918 e. The van der Waals surface area contributed by atoms with Gasteiger partial charge < -0.3 is 10.3 Å². The molecular formula is C10H14N2O2. The van der Waals surface area contributed by atoms with Crippen LogP contribution < -0.4 is 0 Å². The molecule has 76 valence electrons. The molecule has 0 aliphatic rings. The van der Waals surface area contributed by atoms with Gasteiger partial charge in [0.15, 0.2) is 0 Å². The van der Waals surface area contributed by atoms with Crippen LogP contribution in [0, 0.1) is 0 Å². The molecule has 0 radical (unpaired) electrons. The van der Waals surface area contributed by atoms with Gasteiger partial charge in [-0.25, -0.2) is 0 Å². The van der Waals surface area contributed by atoms with Crippen molar-refractivity contribution in [1.29, 1.82) is 0 Å². The van der Waals surface area contributed by atoms with Crippen molar-refractivity contribution in [3.8, 4) is 0 Å². The summed E-state index contributed by atoms with van der Waals surface area (Å²) in [5, 5.41) is 19.9. The number of aryl methyl sites for hydroxylation is 1. The summed E-state index contributed by atoms with van der Waals surface area (Å²) in [6, 6.07) is 3.79. The molecule has 0 aliphatic carbocycles. The van der Waals surface area contributed by atoms with E-state index in [9.17, 15) is 0 Å². The van der Waals surface area contributed by atoms with E-state index in [1.807, 2.05) is 12.1 Å². The number of pyridine rings is 1. The average Bonchev–Trinajstić information content (AvgIpc) is 2.19. The molecule has 14 heavy (non-hydrogen) atoms. The Morgan fingerprint density at radius 3 is 3.00 bits per heavy atom. The van der Waals surface area contributed by atoms with Crippen LogP contribution in [0.25, 0.3) is 0 Å². The van der Waals surface area contributed by atoms with Gasteiger partial charge in [0.2, 0.25) is 0 Å². The fraction of sp³-hybridized carbons (Fsp3) is 0.400. The van der Waals surface area contributed by atoms with Crippen LogP contribution in [0.1, 0.15) is 24.1 Å². The molecule has 0 saturated carbocycles. The van der Waals surface area contributed by atoms with Crippen LogP contribution in [0.5, 0.6) is 0 Å². The van der Waals surface area contributed by atoms with Crippen LogP contribution in [0.15, 0.2) is 23.5 Å². The monoisotopic (exact) mass is 194 g/mol. The lowest BCUT2D eigenvalue weighted by Gasteiger charge is -2.00. The Labute approximate surface area is 82.9 Å². The first-order valence-electron chi connectivity index (χ1n) is 4.60. The second kappa shape index (κ2) is 6.10. The Morgan fingerprint density at radius 2 is 2.29 bits per heavy atom. The van der Waals surface area contributed by atoms with Gasteiger partial charge in [-0.2, -0.15) is 0 Å². The number of aromatic nitrogens is 1. The highest BCUT2D eigenvalue weighted by molar-refractivity contribution is 5.76. The molecule has 1 heterocycles. The van der Waals surface area contributed by atoms with Crippen molar-refractivity contribution in [3.05, 3.63) is 29.6 Å². The molecule has 0 fully saturated rings. The number of rotatable bonds is 5. The SMILES string of the molecule is OCCCCc1ccnc(/C=N/O)c1. The third kappa shape index (κ3) is 3.53. The zero-order valence-electron chi connectivity index (χ0n) is 7.93. The van der Waals surface area contributed by atoms with Gasteiger partial charge >= 0.3 is 0 Å². The summed E-state index contributed by atoms with van der Waals surface area (Å²) in [4.78, 5) is 4.00. The molecule has 0 aliphatic heterocycles. The molecule has 4 nitrogen and oxygen atoms in total. The summed E-state index contributed by atoms with van der Waals surface area (Å²) in [5.74, 6) is 0. The normalized spacial score (nSPS) is 10.9. The predicted octanol–water partition coefficient (Wildman–Crippen LogP) is 1.20. The molecule has 0 unspecified atom stereocenters. The molecular weight excluding hydrogens is 180 g/mol. The highest BCUT2D eigenvalue weighted by Gasteiger charge is 1.95. The lowest BCUT2D eigenvalue weighted by molar-refractivity contribution is 0.284. The Morgan fingerprint density at radius 1 is 1.43 bits per heavy atom. The highest BCUT2D eigenvalue weighted by atomic mass is 16.4. The van der Waals surface area contributed by atoms with E-state index in [1.54, 1.807) is 6.20 Å². The molecule has 0 bridgehead atoms. The number of aliphatic hydroxyl groups excluding tert-OH is 1. The fourth-order valence-electron chi connectivity index (χ4n) is 1.22. The quantitative estimate of drug-likeness (QED) is 0.320. The van der Waals surface area contributed by atoms with E-state index >= 15 is 0 Å². The summed E-state index contributed by atoms with van der Waals surface area (Å²) < 4.78 is 0. The van der Waals surface area contributed by atoms with Crippen molar-refractivity contribution >= 4 is 6.21 Å². The van der Waals surface area contributed by atoms with E-state index in [2.05, 4.69) is 10.1 Å². The van der Waals surface area contributed by atoms with Crippen LogP contribution in [-0.4, -0.2) is 28.1 Å². The number of oxime groups is 1. The van der Waals surface area contributed by atoms with E-state index in [1.165, 1.54) is 6.21 Å². The third-order valence-corrected chi connectivity index (χ3v) is 1.91. The number of aliphatic hydroxyl groups is 1. The maximum absolute atomic E-state index is 8.62. The summed E-state index contributed by atoms with van der Waals surface area (Å²) in [5.41, 5.74) is 1.79. The van der Waals surface area contributed by atoms with E-state index < -0.39 is 0 Å². The first-order chi connectivity index (χ1) is 6.86. The van der Waals surface area contributed by atoms with E-state index in [0.29, 0.717) is 5.69 Å². The number of hydrogen-bond donors (Lipinski definition) is 2. The lowest BCUT2D eigenvalue weighted by Crippen LogP contribution is -1.93. The van der Waals surface area contributed by atoms with Gasteiger partial charge in [0.1, 0.15) is 0 Å². The molecule has 0 aromatic carbocycles. The van der Waals surface area contributed by atoms with Crippen molar-refractivity contribution in [1.82, 2.24) is 4.98 Å². The standard InChI is InChI=1S/C10H14N2O2/c13-6-2-1-3-9-4-5-11-10(7-9)8-12-14/h4-5,7-8,13-14H,1-3,6H2/b12-8+. The first-order valence-corrected chi connectivity index (χ1v) is 4.60. The van der Waals surface area contributed by atoms with Crippen LogP contribution >= 0.6 is 0 Å². The van der Waals surface area contributed by atoms with Crippen molar-refractivity contribution in [3.63, 3.8) is 0 Å². The highest BCUT2D eigenvalue weighted by Crippen LogP contribution is 2.05. The molecule has 0 atom stereocenters. The van der Waals surface area contributed by atoms with Crippen LogP contribution in [0.2, 0.25) is 0 Å². The number of unbranched alkanes of at least 4 members (excludes halogenated alkanes) is 1. The van der Waals surface area contributed by atoms with Crippen molar-refractivity contribution < 1.29 is 10.3 Å². The maximum atomic E-state index is 8.62. The topological polar surface area (TPSA) is 65.7 Å². The molecule has 0 saturated heterocycles. The van der Waals surface area contributed by atoms with Crippen LogP contribution in [0.3, 0.4) is 0 Å². The molecule has 0 amide bonds. The second-order valence-corrected chi connectivity index (χ2v) is 3.01. The molecule has 1 aromatic rings. The Kier molecular flexibility index (Phi) is 4.64. The van der Waals surface area contributed by atoms with E-state index in [0.717, 1.165) is 24.8 Å². The van der Waals surface area contributed by atoms with Crippen molar-refractivity contribution in [2.24, 2.45) is 5.16 Å². The summed E-state index contributed by atoms with van der Waals surface area (Å²) in [6.45, 7) is 0.232. The van der Waals surface area contributed by atoms with Gasteiger partial charge in [0, 0.05) is 12.8 Å². The molecule has 1 rings (SSSR count). The smallest absolute Gasteiger partial charge is 0.0918 e. The van der Waals surface area contributed by atoms with Gasteiger partial charge in [0.05, 0.1) is 11.9 Å². The zero-order valence-corrected chi connectivity index (χ0v) is 7.93. The van der Waals surface area contributed by atoms with Gasteiger partial charge in [-0.1, -0.05) is 5.16 Å². The molecule has 0 spiro atoms. The van der Waals surface area contributed by atoms with Gasteiger partial charge in [0.25, 0.3) is 0 Å². The van der Waals surface area contributed by atoms with E-state index in [-0.39, 0.29) is 6.61 Å². The first kappa shape index (κ1) is 10.7. The number of nitrogens with zero attached hydrogens (tertiary/aromatic N) is 2. The minimum atomic E-state index is 0.232. The fourth-order valence-corrected chi connectivity index (χ4v) is 1.22. The summed E-state index contributed by atoms with van der Waals surface area (Å²) >= 11 is 0. The lowest BCUT2D eigenvalue weighted by atomic mass is 10.1. The molecule has 2 N–H and O–H groups in total.